The summed E-state index contributed by atoms with van der Waals surface area (Å²) < 4.78 is 0. The number of nitrogens with zero attached hydrogens (tertiary/aromatic N) is 1. The van der Waals surface area contributed by atoms with Gasteiger partial charge in [-0.05, 0) is 156 Å². The quantitative estimate of drug-likeness (QED) is 0.182. The molecule has 0 bridgehead atoms. The van der Waals surface area contributed by atoms with E-state index in [4.69, 9.17) is 0 Å². The molecule has 6 aliphatic rings. The Bertz CT molecular complexity index is 944. The third-order valence-electron chi connectivity index (χ3n) is 11.8. The molecule has 6 aliphatic carbocycles. The Labute approximate surface area is 305 Å². The van der Waals surface area contributed by atoms with Crippen LogP contribution in [0.1, 0.15) is 140 Å². The molecule has 6 saturated carbocycles. The van der Waals surface area contributed by atoms with E-state index in [1.165, 1.54) is 128 Å². The van der Waals surface area contributed by atoms with Crippen LogP contribution < -0.4 is 5.30 Å². The summed E-state index contributed by atoms with van der Waals surface area (Å²) >= 11 is 0. The van der Waals surface area contributed by atoms with Gasteiger partial charge in [0.25, 0.3) is 0 Å². The third kappa shape index (κ3) is 10.6. The van der Waals surface area contributed by atoms with Gasteiger partial charge in [0.1, 0.15) is 0 Å². The van der Waals surface area contributed by atoms with Crippen molar-refractivity contribution in [2.45, 2.75) is 157 Å². The van der Waals surface area contributed by atoms with Crippen molar-refractivity contribution in [3.63, 3.8) is 0 Å². The Morgan fingerprint density at radius 2 is 0.957 bits per heavy atom. The second kappa shape index (κ2) is 20.6. The molecule has 7 rings (SSSR count). The van der Waals surface area contributed by atoms with Crippen LogP contribution in [0.4, 0.5) is 0 Å². The Morgan fingerprint density at radius 1 is 0.532 bits per heavy atom. The Kier molecular flexibility index (Phi) is 17.0. The van der Waals surface area contributed by atoms with E-state index >= 15 is 0 Å². The molecule has 1 aromatic rings. The van der Waals surface area contributed by atoms with Crippen LogP contribution in [-0.2, 0) is 17.1 Å². The predicted octanol–water partition coefficient (Wildman–Crippen LogP) is 12.0. The van der Waals surface area contributed by atoms with Gasteiger partial charge in [0, 0.05) is 34.7 Å². The third-order valence-corrected chi connectivity index (χ3v) is 18.9. The van der Waals surface area contributed by atoms with E-state index in [1.807, 2.05) is 32.1 Å². The molecule has 4 heteroatoms. The maximum absolute atomic E-state index is 2.74. The molecule has 0 aromatic heterocycles. The zero-order valence-electron chi connectivity index (χ0n) is 29.7. The Morgan fingerprint density at radius 3 is 1.38 bits per heavy atom. The molecule has 10 radical (unpaired) electrons. The van der Waals surface area contributed by atoms with Crippen molar-refractivity contribution in [2.75, 3.05) is 14.1 Å². The summed E-state index contributed by atoms with van der Waals surface area (Å²) in [6, 6.07) is 10.6. The van der Waals surface area contributed by atoms with Gasteiger partial charge in [-0.1, -0.05) is 111 Å². The summed E-state index contributed by atoms with van der Waals surface area (Å²) in [5.41, 5.74) is 7.22. The van der Waals surface area contributed by atoms with Gasteiger partial charge in [0.2, 0.25) is 0 Å². The molecule has 1 nitrogen and oxygen atoms in total. The molecule has 0 unspecified atom stereocenters. The molecule has 258 valence electrons. The number of hydrogen-bond acceptors (Lipinski definition) is 1. The first-order chi connectivity index (χ1) is 22.7. The fourth-order valence-corrected chi connectivity index (χ4v) is 17.5. The molecule has 0 heterocycles. The van der Waals surface area contributed by atoms with Gasteiger partial charge in [-0.3, -0.25) is 0 Å². The minimum atomic E-state index is -0.0867. The molecule has 47 heavy (non-hydrogen) atoms. The van der Waals surface area contributed by atoms with Crippen molar-refractivity contribution in [3.05, 3.63) is 92.8 Å². The zero-order valence-corrected chi connectivity index (χ0v) is 32.5. The summed E-state index contributed by atoms with van der Waals surface area (Å²) in [5, 5.41) is 1.75. The topological polar surface area (TPSA) is 3.24 Å². The van der Waals surface area contributed by atoms with Gasteiger partial charge in [-0.15, -0.1) is 0 Å². The maximum Gasteiger partial charge on any atom is 0.0417 e. The van der Waals surface area contributed by atoms with Crippen molar-refractivity contribution in [3.8, 4) is 0 Å². The van der Waals surface area contributed by atoms with E-state index in [0.29, 0.717) is 6.04 Å². The molecule has 0 saturated heterocycles. The van der Waals surface area contributed by atoms with Gasteiger partial charge in [-0.25, -0.2) is 0 Å². The van der Waals surface area contributed by atoms with Crippen molar-refractivity contribution in [1.29, 1.82) is 0 Å². The summed E-state index contributed by atoms with van der Waals surface area (Å²) in [5.74, 6) is 1.66. The van der Waals surface area contributed by atoms with Crippen LogP contribution in [0.25, 0.3) is 0 Å². The molecule has 0 N–H and O–H groups in total. The number of benzene rings is 1. The van der Waals surface area contributed by atoms with Crippen LogP contribution in [0.15, 0.2) is 24.3 Å². The fraction of sp³-hybridized carbons (Fsp3) is 0.628. The van der Waals surface area contributed by atoms with E-state index in [1.54, 1.807) is 22.4 Å². The second-order valence-electron chi connectivity index (χ2n) is 15.3. The maximum atomic E-state index is 2.74. The molecule has 1 atom stereocenters. The minimum absolute atomic E-state index is 0. The van der Waals surface area contributed by atoms with Gasteiger partial charge in [-0.2, -0.15) is 0 Å². The first-order valence-electron chi connectivity index (χ1n) is 19.5. The zero-order chi connectivity index (χ0) is 31.6. The SMILES string of the molecule is CN(C)[C@@H]([C]1[CH][CH][CH][C]1P(C1CCCCC1)C1CCCCC1)c1cccc(P(C2CCCCC2)C2CCCCC2)c1.[CH]1[CH][CH][CH][CH]1.[Fe]. The first kappa shape index (κ1) is 38.8. The van der Waals surface area contributed by atoms with E-state index in [-0.39, 0.29) is 32.9 Å². The summed E-state index contributed by atoms with van der Waals surface area (Å²) in [4.78, 5) is 2.55. The van der Waals surface area contributed by atoms with Crippen LogP contribution in [0.2, 0.25) is 0 Å². The van der Waals surface area contributed by atoms with Crippen molar-refractivity contribution >= 4 is 21.1 Å². The van der Waals surface area contributed by atoms with Crippen LogP contribution in [0, 0.1) is 62.9 Å². The predicted molar refractivity (Wildman–Crippen MR) is 205 cm³/mol. The van der Waals surface area contributed by atoms with Gasteiger partial charge >= 0.3 is 0 Å². The van der Waals surface area contributed by atoms with Gasteiger partial charge in [0.05, 0.1) is 0 Å². The van der Waals surface area contributed by atoms with Crippen LogP contribution in [0.5, 0.6) is 0 Å². The standard InChI is InChI=1S/C38H58NP2.C5H5.Fe/c1-39(2)38(36-27-16-28-37(36)41(33-22-11-5-12-23-33)34-24-13-6-14-25-34)30-17-15-26-35(29-30)40(31-18-7-3-8-19-31)32-20-9-4-10-21-32;1-2-4-5-3-1;/h15-17,26-29,31-34,38H,3-14,18-25H2,1-2H3;1-5H;/t38-;;/m1../s1. The first-order valence-corrected chi connectivity index (χ1v) is 22.4. The average Bonchev–Trinajstić information content (AvgIpc) is 3.84. The van der Waals surface area contributed by atoms with Crippen LogP contribution in [0.3, 0.4) is 0 Å². The van der Waals surface area contributed by atoms with E-state index in [0.717, 1.165) is 22.6 Å². The fourth-order valence-electron chi connectivity index (χ4n) is 9.67. The Hall–Kier alpha value is 0.559. The molecular weight excluding hydrogens is 648 g/mol. The van der Waals surface area contributed by atoms with E-state index < -0.39 is 0 Å². The largest absolute Gasteiger partial charge is 0.302 e. The summed E-state index contributed by atoms with van der Waals surface area (Å²) in [7, 11) is 4.55. The molecule has 0 spiro atoms. The summed E-state index contributed by atoms with van der Waals surface area (Å²) in [6.45, 7) is 0. The van der Waals surface area contributed by atoms with Gasteiger partial charge in [0.15, 0.2) is 0 Å². The smallest absolute Gasteiger partial charge is 0.0417 e. The molecule has 1 aromatic carbocycles. The van der Waals surface area contributed by atoms with Crippen molar-refractivity contribution in [2.24, 2.45) is 0 Å². The molecular formula is C43H63FeNP2. The molecule has 6 fully saturated rings. The second-order valence-corrected chi connectivity index (χ2v) is 20.8. The van der Waals surface area contributed by atoms with Crippen LogP contribution >= 0.6 is 15.8 Å². The van der Waals surface area contributed by atoms with Crippen LogP contribution in [-0.4, -0.2) is 41.6 Å². The molecule has 0 amide bonds. The molecule has 0 aliphatic heterocycles. The van der Waals surface area contributed by atoms with Gasteiger partial charge < -0.3 is 4.90 Å². The minimum Gasteiger partial charge on any atom is -0.302 e. The Balaban J connectivity index is 0.000000662. The van der Waals surface area contributed by atoms with Crippen molar-refractivity contribution < 1.29 is 17.1 Å². The van der Waals surface area contributed by atoms with E-state index in [9.17, 15) is 0 Å². The summed E-state index contributed by atoms with van der Waals surface area (Å²) in [6.07, 6.45) is 47.1. The van der Waals surface area contributed by atoms with Crippen molar-refractivity contribution in [1.82, 2.24) is 4.90 Å². The average molecular weight is 712 g/mol. The normalized spacial score (nSPS) is 25.6. The van der Waals surface area contributed by atoms with E-state index in [2.05, 4.69) is 62.5 Å². The number of hydrogen-bond donors (Lipinski definition) is 0. The monoisotopic (exact) mass is 711 g/mol. The number of rotatable bonds is 9.